The Morgan fingerprint density at radius 3 is 1.26 bits per heavy atom. The highest BCUT2D eigenvalue weighted by molar-refractivity contribution is 5.94. The van der Waals surface area contributed by atoms with Crippen LogP contribution in [0.25, 0.3) is 0 Å². The molecule has 0 bridgehead atoms. The number of nitrogens with one attached hydrogen (secondary N) is 2. The molecule has 0 spiro atoms. The van der Waals surface area contributed by atoms with Gasteiger partial charge in [-0.05, 0) is 38.5 Å². The maximum atomic E-state index is 12.9. The lowest BCUT2D eigenvalue weighted by molar-refractivity contribution is 0.150. The molecule has 10 nitrogen and oxygen atoms in total. The quantitative estimate of drug-likeness (QED) is 0.227. The molecule has 0 aromatic carbocycles. The molecular formula is C24H46N8O2. The van der Waals surface area contributed by atoms with E-state index < -0.39 is 0 Å². The number of urea groups is 2. The van der Waals surface area contributed by atoms with E-state index in [1.54, 1.807) is 9.80 Å². The van der Waals surface area contributed by atoms with Crippen LogP contribution in [0.4, 0.5) is 9.59 Å². The number of unbranched alkanes of at least 4 members (excludes halogenated alkanes) is 3. The van der Waals surface area contributed by atoms with Crippen LogP contribution in [0.2, 0.25) is 0 Å². The Morgan fingerprint density at radius 2 is 0.971 bits per heavy atom. The zero-order valence-electron chi connectivity index (χ0n) is 21.2. The molecule has 0 radical (unpaired) electrons. The molecule has 0 aromatic rings. The van der Waals surface area contributed by atoms with Crippen LogP contribution in [0.15, 0.2) is 0 Å². The minimum absolute atomic E-state index is 0.196. The van der Waals surface area contributed by atoms with E-state index in [-0.39, 0.29) is 36.1 Å². The van der Waals surface area contributed by atoms with Gasteiger partial charge in [-0.2, -0.15) is 0 Å². The number of carbonyl (C=O) groups excluding carboxylic acids is 2. The number of hydrogen-bond acceptors (Lipinski definition) is 4. The third kappa shape index (κ3) is 8.06. The second-order valence-corrected chi connectivity index (χ2v) is 9.86. The summed E-state index contributed by atoms with van der Waals surface area (Å²) in [6.07, 6.45) is 14.1. The second kappa shape index (κ2) is 14.0. The molecule has 194 valence electrons. The largest absolute Gasteiger partial charge is 0.370 e. The molecule has 2 aliphatic rings. The SMILES string of the molecule is CN(C(=O)N(CCCCCCN(C(=N)N)C(=O)N(C)C1CCCCC1)C(=N)N)C1CCCCC1. The van der Waals surface area contributed by atoms with Crippen molar-refractivity contribution in [2.24, 2.45) is 11.5 Å². The van der Waals surface area contributed by atoms with Crippen molar-refractivity contribution in [1.29, 1.82) is 10.8 Å². The number of hydrogen-bond donors (Lipinski definition) is 4. The summed E-state index contributed by atoms with van der Waals surface area (Å²) in [6.45, 7) is 0.815. The number of nitrogens with two attached hydrogens (primary N) is 2. The van der Waals surface area contributed by atoms with Gasteiger partial charge in [0, 0.05) is 39.3 Å². The van der Waals surface area contributed by atoms with Crippen molar-refractivity contribution in [3.05, 3.63) is 0 Å². The average Bonchev–Trinajstić information content (AvgIpc) is 2.84. The maximum absolute atomic E-state index is 12.9. The van der Waals surface area contributed by atoms with Gasteiger partial charge in [-0.15, -0.1) is 0 Å². The van der Waals surface area contributed by atoms with E-state index in [0.717, 1.165) is 77.0 Å². The predicted octanol–water partition coefficient (Wildman–Crippen LogP) is 3.71. The first-order chi connectivity index (χ1) is 16.2. The van der Waals surface area contributed by atoms with E-state index in [4.69, 9.17) is 22.3 Å². The summed E-state index contributed by atoms with van der Waals surface area (Å²) in [5.41, 5.74) is 11.4. The molecule has 10 heteroatoms. The minimum atomic E-state index is -0.216. The van der Waals surface area contributed by atoms with Gasteiger partial charge >= 0.3 is 12.1 Å². The van der Waals surface area contributed by atoms with Gasteiger partial charge in [0.25, 0.3) is 0 Å². The molecular weight excluding hydrogens is 432 g/mol. The summed E-state index contributed by atoms with van der Waals surface area (Å²) in [6, 6.07) is 0.0619. The number of guanidine groups is 2. The number of carbonyl (C=O) groups is 2. The zero-order chi connectivity index (χ0) is 25.1. The monoisotopic (exact) mass is 478 g/mol. The van der Waals surface area contributed by atoms with Crippen molar-refractivity contribution in [3.8, 4) is 0 Å². The van der Waals surface area contributed by atoms with Crippen molar-refractivity contribution in [3.63, 3.8) is 0 Å². The van der Waals surface area contributed by atoms with Gasteiger partial charge < -0.3 is 21.3 Å². The second-order valence-electron chi connectivity index (χ2n) is 9.86. The van der Waals surface area contributed by atoms with E-state index in [9.17, 15) is 9.59 Å². The van der Waals surface area contributed by atoms with Crippen LogP contribution >= 0.6 is 0 Å². The van der Waals surface area contributed by atoms with Crippen LogP contribution in [0.1, 0.15) is 89.9 Å². The Kier molecular flexibility index (Phi) is 11.4. The molecule has 2 saturated carbocycles. The van der Waals surface area contributed by atoms with Crippen LogP contribution in [-0.4, -0.2) is 82.8 Å². The number of nitrogens with zero attached hydrogens (tertiary/aromatic N) is 4. The Morgan fingerprint density at radius 1 is 0.647 bits per heavy atom. The van der Waals surface area contributed by atoms with Crippen LogP contribution in [-0.2, 0) is 0 Å². The molecule has 0 saturated heterocycles. The summed E-state index contributed by atoms with van der Waals surface area (Å²) in [5, 5.41) is 15.7. The van der Waals surface area contributed by atoms with Gasteiger partial charge in [-0.3, -0.25) is 20.6 Å². The van der Waals surface area contributed by atoms with Gasteiger partial charge in [0.1, 0.15) is 0 Å². The van der Waals surface area contributed by atoms with E-state index in [2.05, 4.69) is 0 Å². The van der Waals surface area contributed by atoms with Gasteiger partial charge in [0.05, 0.1) is 0 Å². The summed E-state index contributed by atoms with van der Waals surface area (Å²) in [5.74, 6) is -0.432. The summed E-state index contributed by atoms with van der Waals surface area (Å²) in [4.78, 5) is 32.0. The van der Waals surface area contributed by atoms with E-state index in [0.29, 0.717) is 13.1 Å². The molecule has 4 amide bonds. The Labute approximate surface area is 205 Å². The lowest BCUT2D eigenvalue weighted by atomic mass is 9.95. The number of rotatable bonds is 9. The molecule has 34 heavy (non-hydrogen) atoms. The van der Waals surface area contributed by atoms with Crippen molar-refractivity contribution < 1.29 is 9.59 Å². The zero-order valence-corrected chi connectivity index (χ0v) is 21.2. The van der Waals surface area contributed by atoms with Crippen molar-refractivity contribution >= 4 is 24.0 Å². The number of amides is 4. The first-order valence-corrected chi connectivity index (χ1v) is 13.0. The molecule has 0 unspecified atom stereocenters. The lowest BCUT2D eigenvalue weighted by Gasteiger charge is -2.35. The highest BCUT2D eigenvalue weighted by Crippen LogP contribution is 2.23. The minimum Gasteiger partial charge on any atom is -0.370 e. The first-order valence-electron chi connectivity index (χ1n) is 13.0. The first kappa shape index (κ1) is 27.7. The van der Waals surface area contributed by atoms with Gasteiger partial charge in [-0.1, -0.05) is 51.4 Å². The van der Waals surface area contributed by atoms with Crippen LogP contribution in [0, 0.1) is 10.8 Å². The fourth-order valence-corrected chi connectivity index (χ4v) is 5.16. The predicted molar refractivity (Wildman–Crippen MR) is 136 cm³/mol. The van der Waals surface area contributed by atoms with Crippen molar-refractivity contribution in [2.75, 3.05) is 27.2 Å². The normalized spacial score (nSPS) is 17.1. The summed E-state index contributed by atoms with van der Waals surface area (Å²) < 4.78 is 0. The van der Waals surface area contributed by atoms with Crippen molar-refractivity contribution in [2.45, 2.75) is 102 Å². The molecule has 0 heterocycles. The molecule has 0 atom stereocenters. The molecule has 6 N–H and O–H groups in total. The molecule has 2 aliphatic carbocycles. The van der Waals surface area contributed by atoms with E-state index in [1.165, 1.54) is 22.6 Å². The Bertz CT molecular complexity index is 630. The standard InChI is InChI=1S/C24H46N8O2/c1-29(19-13-7-5-8-14-19)23(33)31(21(25)26)17-11-3-4-12-18-32(22(27)28)24(34)30(2)20-15-9-6-10-16-20/h19-20H,3-18H2,1-2H3,(H3,25,26)(H3,27,28). The van der Waals surface area contributed by atoms with Gasteiger partial charge in [0.15, 0.2) is 11.9 Å². The van der Waals surface area contributed by atoms with Crippen LogP contribution < -0.4 is 11.5 Å². The topological polar surface area (TPSA) is 147 Å². The van der Waals surface area contributed by atoms with Gasteiger partial charge in [0.2, 0.25) is 0 Å². The van der Waals surface area contributed by atoms with Crippen molar-refractivity contribution in [1.82, 2.24) is 19.6 Å². The molecule has 2 rings (SSSR count). The van der Waals surface area contributed by atoms with Crippen LogP contribution in [0.5, 0.6) is 0 Å². The van der Waals surface area contributed by atoms with E-state index >= 15 is 0 Å². The van der Waals surface area contributed by atoms with Gasteiger partial charge in [-0.25, -0.2) is 9.59 Å². The smallest absolute Gasteiger partial charge is 0.326 e. The highest BCUT2D eigenvalue weighted by atomic mass is 16.2. The fourth-order valence-electron chi connectivity index (χ4n) is 5.16. The highest BCUT2D eigenvalue weighted by Gasteiger charge is 2.28. The Balaban J connectivity index is 1.74. The summed E-state index contributed by atoms with van der Waals surface area (Å²) >= 11 is 0. The third-order valence-electron chi connectivity index (χ3n) is 7.41. The van der Waals surface area contributed by atoms with E-state index in [1.807, 2.05) is 14.1 Å². The lowest BCUT2D eigenvalue weighted by Crippen LogP contribution is -2.51. The maximum Gasteiger partial charge on any atom is 0.326 e. The molecule has 0 aromatic heterocycles. The third-order valence-corrected chi connectivity index (χ3v) is 7.41. The summed E-state index contributed by atoms with van der Waals surface area (Å²) in [7, 11) is 3.62. The average molecular weight is 479 g/mol. The molecule has 0 aliphatic heterocycles. The fraction of sp³-hybridized carbons (Fsp3) is 0.833. The molecule has 2 fully saturated rings. The van der Waals surface area contributed by atoms with Crippen LogP contribution in [0.3, 0.4) is 0 Å². The Hall–Kier alpha value is -2.52.